The molecule has 1 aromatic carbocycles. The fourth-order valence-electron chi connectivity index (χ4n) is 1.80. The second kappa shape index (κ2) is 4.07. The van der Waals surface area contributed by atoms with Crippen LogP contribution in [-0.2, 0) is 6.42 Å². The molecule has 2 rings (SSSR count). The van der Waals surface area contributed by atoms with Crippen LogP contribution < -0.4 is 0 Å². The summed E-state index contributed by atoms with van der Waals surface area (Å²) in [6.07, 6.45) is 3.22. The average molecular weight is 202 g/mol. The van der Waals surface area contributed by atoms with Gasteiger partial charge in [0.2, 0.25) is 0 Å². The maximum atomic E-state index is 3.31. The average Bonchev–Trinajstić information content (AvgIpc) is 2.62. The van der Waals surface area contributed by atoms with Crippen molar-refractivity contribution in [3.63, 3.8) is 0 Å². The van der Waals surface area contributed by atoms with Crippen molar-refractivity contribution in [2.24, 2.45) is 0 Å². The van der Waals surface area contributed by atoms with E-state index in [1.807, 2.05) is 0 Å². The number of nitrogens with zero attached hydrogens (tertiary/aromatic N) is 1. The summed E-state index contributed by atoms with van der Waals surface area (Å²) in [6, 6.07) is 9.05. The number of likely N-dealkylation sites (N-methyl/N-ethyl adjacent to an activating group) is 1. The Hall–Kier alpha value is -1.28. The van der Waals surface area contributed by atoms with E-state index in [-0.39, 0.29) is 0 Å². The summed E-state index contributed by atoms with van der Waals surface area (Å²) >= 11 is 0. The minimum Gasteiger partial charge on any atom is -0.361 e. The van der Waals surface area contributed by atoms with Gasteiger partial charge in [0.05, 0.1) is 0 Å². The Morgan fingerprint density at radius 2 is 2.00 bits per heavy atom. The van der Waals surface area contributed by atoms with Gasteiger partial charge in [-0.15, -0.1) is 0 Å². The molecule has 2 aromatic rings. The van der Waals surface area contributed by atoms with Crippen LogP contribution in [0.2, 0.25) is 0 Å². The first-order chi connectivity index (χ1) is 7.18. The van der Waals surface area contributed by atoms with Gasteiger partial charge >= 0.3 is 0 Å². The van der Waals surface area contributed by atoms with Crippen molar-refractivity contribution >= 4 is 10.9 Å². The molecule has 1 heterocycles. The van der Waals surface area contributed by atoms with Gasteiger partial charge in [-0.2, -0.15) is 0 Å². The van der Waals surface area contributed by atoms with Crippen molar-refractivity contribution in [3.8, 4) is 0 Å². The van der Waals surface area contributed by atoms with Crippen LogP contribution in [0, 0.1) is 0 Å². The molecule has 0 saturated heterocycles. The molecular formula is C13H18N2. The number of aromatic nitrogens is 1. The van der Waals surface area contributed by atoms with Gasteiger partial charge in [0.15, 0.2) is 0 Å². The molecule has 0 radical (unpaired) electrons. The minimum atomic E-state index is 0.573. The van der Waals surface area contributed by atoms with Crippen LogP contribution in [0.5, 0.6) is 0 Å². The van der Waals surface area contributed by atoms with E-state index in [0.29, 0.717) is 6.04 Å². The van der Waals surface area contributed by atoms with Crippen molar-refractivity contribution in [3.05, 3.63) is 36.0 Å². The largest absolute Gasteiger partial charge is 0.361 e. The highest BCUT2D eigenvalue weighted by atomic mass is 15.1. The number of aromatic amines is 1. The fourth-order valence-corrected chi connectivity index (χ4v) is 1.80. The molecule has 0 saturated carbocycles. The topological polar surface area (TPSA) is 19.0 Å². The summed E-state index contributed by atoms with van der Waals surface area (Å²) in [5, 5.41) is 1.35. The zero-order chi connectivity index (χ0) is 10.8. The quantitative estimate of drug-likeness (QED) is 0.810. The maximum Gasteiger partial charge on any atom is 0.0456 e. The van der Waals surface area contributed by atoms with Crippen LogP contribution in [-0.4, -0.2) is 30.0 Å². The Morgan fingerprint density at radius 3 is 2.73 bits per heavy atom. The smallest absolute Gasteiger partial charge is 0.0456 e. The van der Waals surface area contributed by atoms with E-state index in [9.17, 15) is 0 Å². The van der Waals surface area contributed by atoms with Crippen molar-refractivity contribution < 1.29 is 0 Å². The van der Waals surface area contributed by atoms with Crippen LogP contribution in [0.1, 0.15) is 12.5 Å². The number of nitrogens with one attached hydrogen (secondary N) is 1. The zero-order valence-electron chi connectivity index (χ0n) is 9.62. The van der Waals surface area contributed by atoms with Crippen LogP contribution in [0.15, 0.2) is 30.5 Å². The molecule has 2 nitrogen and oxygen atoms in total. The lowest BCUT2D eigenvalue weighted by atomic mass is 10.1. The standard InChI is InChI=1S/C13H18N2/c1-10(15(2)3)8-11-9-14-13-7-5-4-6-12(11)13/h4-7,9-10,14H,8H2,1-3H3. The highest BCUT2D eigenvalue weighted by Crippen LogP contribution is 2.19. The molecule has 0 bridgehead atoms. The highest BCUT2D eigenvalue weighted by Gasteiger charge is 2.09. The van der Waals surface area contributed by atoms with Crippen molar-refractivity contribution in [2.75, 3.05) is 14.1 Å². The lowest BCUT2D eigenvalue weighted by molar-refractivity contribution is 0.313. The predicted molar refractivity (Wildman–Crippen MR) is 65.2 cm³/mol. The molecule has 0 aliphatic carbocycles. The third kappa shape index (κ3) is 2.05. The van der Waals surface area contributed by atoms with Crippen LogP contribution in [0.25, 0.3) is 10.9 Å². The molecule has 1 N–H and O–H groups in total. The summed E-state index contributed by atoms with van der Waals surface area (Å²) in [6.45, 7) is 2.25. The molecule has 0 spiro atoms. The number of rotatable bonds is 3. The summed E-state index contributed by atoms with van der Waals surface area (Å²) < 4.78 is 0. The van der Waals surface area contributed by atoms with Crippen LogP contribution in [0.3, 0.4) is 0 Å². The second-order valence-corrected chi connectivity index (χ2v) is 4.38. The normalized spacial score (nSPS) is 13.6. The van der Waals surface area contributed by atoms with E-state index in [2.05, 4.69) is 61.4 Å². The fraction of sp³-hybridized carbons (Fsp3) is 0.385. The van der Waals surface area contributed by atoms with Gasteiger partial charge in [0.25, 0.3) is 0 Å². The molecule has 1 unspecified atom stereocenters. The van der Waals surface area contributed by atoms with Gasteiger partial charge in [-0.05, 0) is 39.1 Å². The Morgan fingerprint density at radius 1 is 1.27 bits per heavy atom. The number of fused-ring (bicyclic) bond motifs is 1. The van der Waals surface area contributed by atoms with Gasteiger partial charge in [-0.25, -0.2) is 0 Å². The van der Waals surface area contributed by atoms with E-state index in [1.54, 1.807) is 0 Å². The number of para-hydroxylation sites is 1. The Bertz CT molecular complexity index is 442. The number of hydrogen-bond acceptors (Lipinski definition) is 1. The van der Waals surface area contributed by atoms with Gasteiger partial charge in [-0.1, -0.05) is 18.2 Å². The predicted octanol–water partition coefficient (Wildman–Crippen LogP) is 2.66. The molecule has 1 aromatic heterocycles. The first kappa shape index (κ1) is 10.2. The van der Waals surface area contributed by atoms with E-state index in [4.69, 9.17) is 0 Å². The number of benzene rings is 1. The third-order valence-corrected chi connectivity index (χ3v) is 3.07. The SMILES string of the molecule is CC(Cc1c[nH]c2ccccc12)N(C)C. The van der Waals surface area contributed by atoms with Crippen molar-refractivity contribution in [1.29, 1.82) is 0 Å². The molecule has 2 heteroatoms. The van der Waals surface area contributed by atoms with Crippen molar-refractivity contribution in [2.45, 2.75) is 19.4 Å². The second-order valence-electron chi connectivity index (χ2n) is 4.38. The number of hydrogen-bond donors (Lipinski definition) is 1. The molecule has 15 heavy (non-hydrogen) atoms. The lowest BCUT2D eigenvalue weighted by Gasteiger charge is -2.19. The first-order valence-corrected chi connectivity index (χ1v) is 5.40. The summed E-state index contributed by atoms with van der Waals surface area (Å²) in [5.41, 5.74) is 2.64. The van der Waals surface area contributed by atoms with Gasteiger partial charge in [0.1, 0.15) is 0 Å². The maximum absolute atomic E-state index is 3.31. The Balaban J connectivity index is 2.29. The van der Waals surface area contributed by atoms with E-state index >= 15 is 0 Å². The van der Waals surface area contributed by atoms with E-state index < -0.39 is 0 Å². The van der Waals surface area contributed by atoms with E-state index in [1.165, 1.54) is 16.5 Å². The molecule has 80 valence electrons. The van der Waals surface area contributed by atoms with Crippen molar-refractivity contribution in [1.82, 2.24) is 9.88 Å². The molecule has 0 amide bonds. The summed E-state index contributed by atoms with van der Waals surface area (Å²) in [5.74, 6) is 0. The third-order valence-electron chi connectivity index (χ3n) is 3.07. The molecular weight excluding hydrogens is 184 g/mol. The summed E-state index contributed by atoms with van der Waals surface area (Å²) in [4.78, 5) is 5.57. The molecule has 0 aliphatic heterocycles. The molecule has 0 fully saturated rings. The van der Waals surface area contributed by atoms with Crippen LogP contribution >= 0.6 is 0 Å². The van der Waals surface area contributed by atoms with Gasteiger partial charge in [0, 0.05) is 23.1 Å². The monoisotopic (exact) mass is 202 g/mol. The minimum absolute atomic E-state index is 0.573. The summed E-state index contributed by atoms with van der Waals surface area (Å²) in [7, 11) is 4.25. The Kier molecular flexibility index (Phi) is 2.78. The first-order valence-electron chi connectivity index (χ1n) is 5.40. The highest BCUT2D eigenvalue weighted by molar-refractivity contribution is 5.83. The zero-order valence-corrected chi connectivity index (χ0v) is 9.62. The molecule has 1 atom stereocenters. The number of H-pyrrole nitrogens is 1. The molecule has 0 aliphatic rings. The van der Waals surface area contributed by atoms with Gasteiger partial charge in [-0.3, -0.25) is 0 Å². The Labute approximate surface area is 90.9 Å². The van der Waals surface area contributed by atoms with Crippen LogP contribution in [0.4, 0.5) is 0 Å². The van der Waals surface area contributed by atoms with Gasteiger partial charge < -0.3 is 9.88 Å². The lowest BCUT2D eigenvalue weighted by Crippen LogP contribution is -2.26. The van der Waals surface area contributed by atoms with E-state index in [0.717, 1.165) is 6.42 Å².